The minimum atomic E-state index is -0.390. The molecule has 1 heterocycles. The number of pyridine rings is 1. The summed E-state index contributed by atoms with van der Waals surface area (Å²) >= 11 is 0. The molecule has 3 heteroatoms. The first-order valence-electron chi connectivity index (χ1n) is 7.36. The molecule has 0 spiro atoms. The van der Waals surface area contributed by atoms with E-state index in [1.54, 1.807) is 7.11 Å². The molecular formula is C18H21NO2. The first kappa shape index (κ1) is 14.1. The van der Waals surface area contributed by atoms with Crippen LogP contribution >= 0.6 is 0 Å². The second kappa shape index (κ2) is 5.49. The third-order valence-electron chi connectivity index (χ3n) is 4.51. The van der Waals surface area contributed by atoms with E-state index in [0.717, 1.165) is 29.0 Å². The van der Waals surface area contributed by atoms with Crippen molar-refractivity contribution >= 4 is 0 Å². The van der Waals surface area contributed by atoms with Crippen LogP contribution in [0.2, 0.25) is 0 Å². The third-order valence-corrected chi connectivity index (χ3v) is 4.51. The SMILES string of the molecule is COc1c(C)cnc(CC(O)C2Cc3ccccc32)c1C. The molecule has 2 unspecified atom stereocenters. The highest BCUT2D eigenvalue weighted by molar-refractivity contribution is 5.43. The van der Waals surface area contributed by atoms with Crippen molar-refractivity contribution in [3.8, 4) is 5.75 Å². The number of aliphatic hydroxyl groups is 1. The summed E-state index contributed by atoms with van der Waals surface area (Å²) in [5.41, 5.74) is 5.62. The lowest BCUT2D eigenvalue weighted by Gasteiger charge is -2.34. The van der Waals surface area contributed by atoms with E-state index in [9.17, 15) is 5.11 Å². The lowest BCUT2D eigenvalue weighted by Crippen LogP contribution is -2.31. The molecule has 1 aliphatic carbocycles. The lowest BCUT2D eigenvalue weighted by atomic mass is 9.73. The van der Waals surface area contributed by atoms with Gasteiger partial charge in [-0.15, -0.1) is 0 Å². The second-order valence-electron chi connectivity index (χ2n) is 5.83. The van der Waals surface area contributed by atoms with Crippen molar-refractivity contribution in [1.82, 2.24) is 4.98 Å². The monoisotopic (exact) mass is 283 g/mol. The molecule has 1 aromatic heterocycles. The summed E-state index contributed by atoms with van der Waals surface area (Å²) in [4.78, 5) is 4.48. The molecule has 3 rings (SSSR count). The summed E-state index contributed by atoms with van der Waals surface area (Å²) in [5.74, 6) is 1.11. The second-order valence-corrected chi connectivity index (χ2v) is 5.83. The van der Waals surface area contributed by atoms with Gasteiger partial charge in [0.15, 0.2) is 0 Å². The average Bonchev–Trinajstić information content (AvgIpc) is 2.44. The molecule has 1 N–H and O–H groups in total. The predicted molar refractivity (Wildman–Crippen MR) is 82.9 cm³/mol. The van der Waals surface area contributed by atoms with Crippen LogP contribution in [0.1, 0.15) is 33.9 Å². The Morgan fingerprint density at radius 3 is 2.81 bits per heavy atom. The van der Waals surface area contributed by atoms with Crippen LogP contribution in [0.15, 0.2) is 30.5 Å². The van der Waals surface area contributed by atoms with Crippen LogP contribution in [0.4, 0.5) is 0 Å². The summed E-state index contributed by atoms with van der Waals surface area (Å²) in [6.45, 7) is 4.00. The number of rotatable bonds is 4. The van der Waals surface area contributed by atoms with Crippen molar-refractivity contribution in [2.75, 3.05) is 7.11 Å². The standard InChI is InChI=1S/C18H21NO2/c1-11-10-19-16(12(2)18(11)21-3)9-17(20)15-8-13-6-4-5-7-14(13)15/h4-7,10,15,17,20H,8-9H2,1-3H3. The van der Waals surface area contributed by atoms with Gasteiger partial charge in [-0.3, -0.25) is 4.98 Å². The van der Waals surface area contributed by atoms with Gasteiger partial charge in [-0.25, -0.2) is 0 Å². The maximum absolute atomic E-state index is 10.5. The van der Waals surface area contributed by atoms with Crippen LogP contribution in [0, 0.1) is 13.8 Å². The first-order valence-corrected chi connectivity index (χ1v) is 7.36. The Balaban J connectivity index is 1.79. The van der Waals surface area contributed by atoms with Crippen molar-refractivity contribution in [2.45, 2.75) is 38.7 Å². The summed E-state index contributed by atoms with van der Waals surface area (Å²) in [6, 6.07) is 8.34. The Morgan fingerprint density at radius 2 is 2.10 bits per heavy atom. The average molecular weight is 283 g/mol. The molecule has 0 saturated heterocycles. The Bertz CT molecular complexity index is 666. The number of methoxy groups -OCH3 is 1. The van der Waals surface area contributed by atoms with E-state index in [2.05, 4.69) is 23.2 Å². The summed E-state index contributed by atoms with van der Waals surface area (Å²) in [5, 5.41) is 10.5. The van der Waals surface area contributed by atoms with Gasteiger partial charge in [0.2, 0.25) is 0 Å². The van der Waals surface area contributed by atoms with Gasteiger partial charge in [0.1, 0.15) is 5.75 Å². The molecule has 1 aromatic carbocycles. The lowest BCUT2D eigenvalue weighted by molar-refractivity contribution is 0.132. The van der Waals surface area contributed by atoms with Crippen molar-refractivity contribution in [1.29, 1.82) is 0 Å². The molecule has 21 heavy (non-hydrogen) atoms. The van der Waals surface area contributed by atoms with Crippen molar-refractivity contribution < 1.29 is 9.84 Å². The summed E-state index contributed by atoms with van der Waals surface area (Å²) < 4.78 is 5.43. The zero-order valence-corrected chi connectivity index (χ0v) is 12.8. The van der Waals surface area contributed by atoms with E-state index in [4.69, 9.17) is 4.74 Å². The first-order chi connectivity index (χ1) is 10.1. The maximum Gasteiger partial charge on any atom is 0.128 e. The predicted octanol–water partition coefficient (Wildman–Crippen LogP) is 2.95. The molecular weight excluding hydrogens is 262 g/mol. The quantitative estimate of drug-likeness (QED) is 0.938. The molecule has 0 aliphatic heterocycles. The fourth-order valence-electron chi connectivity index (χ4n) is 3.26. The molecule has 1 aliphatic rings. The zero-order valence-electron chi connectivity index (χ0n) is 12.8. The number of aryl methyl sites for hydroxylation is 1. The van der Waals surface area contributed by atoms with Gasteiger partial charge in [0, 0.05) is 35.4 Å². The van der Waals surface area contributed by atoms with Gasteiger partial charge < -0.3 is 9.84 Å². The Hall–Kier alpha value is -1.87. The van der Waals surface area contributed by atoms with Gasteiger partial charge in [0.25, 0.3) is 0 Å². The van der Waals surface area contributed by atoms with E-state index >= 15 is 0 Å². The van der Waals surface area contributed by atoms with Crippen molar-refractivity contribution in [3.05, 3.63) is 58.4 Å². The molecule has 3 nitrogen and oxygen atoms in total. The number of aromatic nitrogens is 1. The van der Waals surface area contributed by atoms with Gasteiger partial charge >= 0.3 is 0 Å². The number of hydrogen-bond acceptors (Lipinski definition) is 3. The van der Waals surface area contributed by atoms with Crippen LogP contribution < -0.4 is 4.74 Å². The van der Waals surface area contributed by atoms with E-state index in [0.29, 0.717) is 6.42 Å². The number of hydrogen-bond donors (Lipinski definition) is 1. The number of ether oxygens (including phenoxy) is 1. The van der Waals surface area contributed by atoms with Gasteiger partial charge in [-0.05, 0) is 31.4 Å². The highest BCUT2D eigenvalue weighted by Gasteiger charge is 2.32. The number of fused-ring (bicyclic) bond motifs is 1. The molecule has 0 fully saturated rings. The summed E-state index contributed by atoms with van der Waals surface area (Å²) in [7, 11) is 1.68. The van der Waals surface area contributed by atoms with E-state index in [-0.39, 0.29) is 5.92 Å². The van der Waals surface area contributed by atoms with E-state index in [1.807, 2.05) is 26.1 Å². The van der Waals surface area contributed by atoms with Gasteiger partial charge in [-0.1, -0.05) is 24.3 Å². The van der Waals surface area contributed by atoms with Crippen LogP contribution in [0.5, 0.6) is 5.75 Å². The Morgan fingerprint density at radius 1 is 1.33 bits per heavy atom. The largest absolute Gasteiger partial charge is 0.496 e. The fraction of sp³-hybridized carbons (Fsp3) is 0.389. The fourth-order valence-corrected chi connectivity index (χ4v) is 3.26. The smallest absolute Gasteiger partial charge is 0.128 e. The topological polar surface area (TPSA) is 42.4 Å². The van der Waals surface area contributed by atoms with Crippen LogP contribution in [-0.2, 0) is 12.8 Å². The minimum absolute atomic E-state index is 0.231. The number of aliphatic hydroxyl groups excluding tert-OH is 1. The van der Waals surface area contributed by atoms with E-state index < -0.39 is 6.10 Å². The van der Waals surface area contributed by atoms with Gasteiger partial charge in [0.05, 0.1) is 13.2 Å². The molecule has 0 amide bonds. The van der Waals surface area contributed by atoms with Crippen LogP contribution in [0.25, 0.3) is 0 Å². The highest BCUT2D eigenvalue weighted by atomic mass is 16.5. The van der Waals surface area contributed by atoms with Crippen LogP contribution in [0.3, 0.4) is 0 Å². The maximum atomic E-state index is 10.5. The molecule has 0 saturated carbocycles. The van der Waals surface area contributed by atoms with E-state index in [1.165, 1.54) is 11.1 Å². The third kappa shape index (κ3) is 2.42. The van der Waals surface area contributed by atoms with Crippen molar-refractivity contribution in [2.24, 2.45) is 0 Å². The van der Waals surface area contributed by atoms with Crippen LogP contribution in [-0.4, -0.2) is 23.3 Å². The zero-order chi connectivity index (χ0) is 15.0. The van der Waals surface area contributed by atoms with Crippen molar-refractivity contribution in [3.63, 3.8) is 0 Å². The minimum Gasteiger partial charge on any atom is -0.496 e. The molecule has 2 aromatic rings. The molecule has 2 atom stereocenters. The number of nitrogens with zero attached hydrogens (tertiary/aromatic N) is 1. The summed E-state index contributed by atoms with van der Waals surface area (Å²) in [6.07, 6.45) is 2.96. The molecule has 0 radical (unpaired) electrons. The Kier molecular flexibility index (Phi) is 3.68. The van der Waals surface area contributed by atoms with Gasteiger partial charge in [-0.2, -0.15) is 0 Å². The number of benzene rings is 1. The Labute approximate surface area is 125 Å². The normalized spacial score (nSPS) is 17.8. The molecule has 0 bridgehead atoms. The molecule has 110 valence electrons. The highest BCUT2D eigenvalue weighted by Crippen LogP contribution is 2.38.